The molecule has 1 amide bonds. The molecule has 3 N–H and O–H groups in total. The number of hydrogen-bond donors (Lipinski definition) is 2. The molecule has 2 rings (SSSR count). The second-order valence-electron chi connectivity index (χ2n) is 3.85. The Morgan fingerprint density at radius 3 is 2.37 bits per heavy atom. The number of thioether (sulfide) groups is 1. The first-order chi connectivity index (χ1) is 9.22. The molecule has 0 bridgehead atoms. The summed E-state index contributed by atoms with van der Waals surface area (Å²) in [4.78, 5) is 12.3. The number of nitrogens with two attached hydrogens (primary N) is 1. The Kier molecular flexibility index (Phi) is 4.54. The van der Waals surface area contributed by atoms with E-state index < -0.39 is 5.25 Å². The third kappa shape index (κ3) is 3.33. The van der Waals surface area contributed by atoms with Crippen LogP contribution < -0.4 is 11.3 Å². The summed E-state index contributed by atoms with van der Waals surface area (Å²) in [6.07, 6.45) is 0. The van der Waals surface area contributed by atoms with Gasteiger partial charge in [-0.25, -0.2) is 10.2 Å². The summed E-state index contributed by atoms with van der Waals surface area (Å²) in [5.41, 5.74) is 2.90. The molecule has 3 nitrogen and oxygen atoms in total. The highest BCUT2D eigenvalue weighted by Gasteiger charge is 2.22. The maximum atomic E-state index is 13.6. The summed E-state index contributed by atoms with van der Waals surface area (Å²) in [7, 11) is 0. The Morgan fingerprint density at radius 1 is 1.11 bits per heavy atom. The second-order valence-corrected chi connectivity index (χ2v) is 4.99. The van der Waals surface area contributed by atoms with Gasteiger partial charge in [0.15, 0.2) is 0 Å². The molecule has 0 fully saturated rings. The average molecular weight is 276 g/mol. The molecule has 98 valence electrons. The number of carbonyl (C=O) groups excluding carboxylic acids is 1. The van der Waals surface area contributed by atoms with E-state index in [1.54, 1.807) is 18.2 Å². The van der Waals surface area contributed by atoms with Crippen molar-refractivity contribution in [2.24, 2.45) is 5.84 Å². The van der Waals surface area contributed by atoms with Crippen LogP contribution in [0.15, 0.2) is 59.5 Å². The van der Waals surface area contributed by atoms with Gasteiger partial charge >= 0.3 is 0 Å². The highest BCUT2D eigenvalue weighted by molar-refractivity contribution is 8.00. The SMILES string of the molecule is NNC(=O)C(Sc1ccccc1F)c1ccccc1. The van der Waals surface area contributed by atoms with Crippen molar-refractivity contribution in [2.75, 3.05) is 0 Å². The van der Waals surface area contributed by atoms with Crippen molar-refractivity contribution in [3.63, 3.8) is 0 Å². The van der Waals surface area contributed by atoms with Crippen molar-refractivity contribution in [1.82, 2.24) is 5.43 Å². The minimum atomic E-state index is -0.580. The quantitative estimate of drug-likeness (QED) is 0.391. The van der Waals surface area contributed by atoms with E-state index in [1.165, 1.54) is 6.07 Å². The predicted molar refractivity (Wildman–Crippen MR) is 73.8 cm³/mol. The lowest BCUT2D eigenvalue weighted by molar-refractivity contribution is -0.120. The van der Waals surface area contributed by atoms with Gasteiger partial charge in [-0.05, 0) is 17.7 Å². The maximum absolute atomic E-state index is 13.6. The van der Waals surface area contributed by atoms with Crippen LogP contribution in [-0.2, 0) is 4.79 Å². The van der Waals surface area contributed by atoms with Crippen LogP contribution >= 0.6 is 11.8 Å². The molecule has 2 aromatic carbocycles. The van der Waals surface area contributed by atoms with E-state index in [0.29, 0.717) is 4.90 Å². The van der Waals surface area contributed by atoms with Crippen molar-refractivity contribution in [3.05, 3.63) is 66.0 Å². The summed E-state index contributed by atoms with van der Waals surface area (Å²) >= 11 is 1.13. The Balaban J connectivity index is 2.30. The van der Waals surface area contributed by atoms with Crippen LogP contribution in [0, 0.1) is 5.82 Å². The van der Waals surface area contributed by atoms with Crippen molar-refractivity contribution >= 4 is 17.7 Å². The van der Waals surface area contributed by atoms with Crippen LogP contribution in [0.2, 0.25) is 0 Å². The molecule has 0 aliphatic carbocycles. The lowest BCUT2D eigenvalue weighted by Gasteiger charge is -2.15. The van der Waals surface area contributed by atoms with Crippen LogP contribution in [0.25, 0.3) is 0 Å². The number of halogens is 1. The minimum absolute atomic E-state index is 0.349. The van der Waals surface area contributed by atoms with E-state index in [0.717, 1.165) is 17.3 Å². The van der Waals surface area contributed by atoms with Crippen molar-refractivity contribution < 1.29 is 9.18 Å². The molecule has 0 saturated carbocycles. The Labute approximate surface area is 115 Å². The smallest absolute Gasteiger partial charge is 0.251 e. The number of carbonyl (C=O) groups is 1. The lowest BCUT2D eigenvalue weighted by Crippen LogP contribution is -2.33. The molecule has 2 aromatic rings. The molecule has 5 heteroatoms. The molecule has 0 heterocycles. The molecule has 0 aromatic heterocycles. The fourth-order valence-electron chi connectivity index (χ4n) is 1.64. The van der Waals surface area contributed by atoms with Gasteiger partial charge in [-0.2, -0.15) is 0 Å². The first kappa shape index (κ1) is 13.6. The van der Waals surface area contributed by atoms with Crippen LogP contribution in [0.3, 0.4) is 0 Å². The predicted octanol–water partition coefficient (Wildman–Crippen LogP) is 2.65. The van der Waals surface area contributed by atoms with Gasteiger partial charge in [-0.1, -0.05) is 42.5 Å². The molecule has 19 heavy (non-hydrogen) atoms. The number of hydrazine groups is 1. The van der Waals surface area contributed by atoms with E-state index in [2.05, 4.69) is 5.43 Å². The van der Waals surface area contributed by atoms with E-state index in [4.69, 9.17) is 5.84 Å². The fourth-order valence-corrected chi connectivity index (χ4v) is 2.70. The number of rotatable bonds is 4. The van der Waals surface area contributed by atoms with E-state index in [1.807, 2.05) is 30.3 Å². The average Bonchev–Trinajstić information content (AvgIpc) is 2.46. The first-order valence-electron chi connectivity index (χ1n) is 5.69. The van der Waals surface area contributed by atoms with Crippen molar-refractivity contribution in [2.45, 2.75) is 10.1 Å². The van der Waals surface area contributed by atoms with Crippen molar-refractivity contribution in [3.8, 4) is 0 Å². The van der Waals surface area contributed by atoms with E-state index >= 15 is 0 Å². The summed E-state index contributed by atoms with van der Waals surface area (Å²) in [5, 5.41) is -0.580. The van der Waals surface area contributed by atoms with Gasteiger partial charge in [0, 0.05) is 4.90 Å². The monoisotopic (exact) mass is 276 g/mol. The molecule has 1 unspecified atom stereocenters. The highest BCUT2D eigenvalue weighted by atomic mass is 32.2. The summed E-state index contributed by atoms with van der Waals surface area (Å²) < 4.78 is 13.6. The van der Waals surface area contributed by atoms with Gasteiger partial charge in [0.2, 0.25) is 0 Å². The molecular weight excluding hydrogens is 263 g/mol. The molecule has 0 aliphatic rings. The molecule has 1 atom stereocenters. The van der Waals surface area contributed by atoms with Crippen LogP contribution in [-0.4, -0.2) is 5.91 Å². The third-order valence-electron chi connectivity index (χ3n) is 2.56. The van der Waals surface area contributed by atoms with Gasteiger partial charge in [0.25, 0.3) is 5.91 Å². The zero-order valence-electron chi connectivity index (χ0n) is 10.0. The number of benzene rings is 2. The topological polar surface area (TPSA) is 55.1 Å². The number of amides is 1. The van der Waals surface area contributed by atoms with E-state index in [-0.39, 0.29) is 11.7 Å². The Hall–Kier alpha value is -1.85. The van der Waals surface area contributed by atoms with Gasteiger partial charge in [-0.15, -0.1) is 11.8 Å². The summed E-state index contributed by atoms with van der Waals surface area (Å²) in [6.45, 7) is 0. The normalized spacial score (nSPS) is 11.9. The fraction of sp³-hybridized carbons (Fsp3) is 0.0714. The minimum Gasteiger partial charge on any atom is -0.293 e. The van der Waals surface area contributed by atoms with Gasteiger partial charge < -0.3 is 0 Å². The van der Waals surface area contributed by atoms with Crippen LogP contribution in [0.1, 0.15) is 10.8 Å². The molecule has 0 spiro atoms. The van der Waals surface area contributed by atoms with Gasteiger partial charge in [0.1, 0.15) is 11.1 Å². The number of hydrogen-bond acceptors (Lipinski definition) is 3. The second kappa shape index (κ2) is 6.36. The molecule has 0 radical (unpaired) electrons. The molecule has 0 aliphatic heterocycles. The van der Waals surface area contributed by atoms with Crippen LogP contribution in [0.5, 0.6) is 0 Å². The summed E-state index contributed by atoms with van der Waals surface area (Å²) in [6, 6.07) is 15.5. The Bertz CT molecular complexity index is 562. The molecule has 0 saturated heterocycles. The van der Waals surface area contributed by atoms with Crippen molar-refractivity contribution in [1.29, 1.82) is 0 Å². The molecular formula is C14H13FN2OS. The zero-order valence-corrected chi connectivity index (χ0v) is 10.9. The maximum Gasteiger partial charge on any atom is 0.251 e. The Morgan fingerprint density at radius 2 is 1.74 bits per heavy atom. The standard InChI is InChI=1S/C14H13FN2OS/c15-11-8-4-5-9-12(11)19-13(14(18)17-16)10-6-2-1-3-7-10/h1-9,13H,16H2,(H,17,18). The summed E-state index contributed by atoms with van der Waals surface area (Å²) in [5.74, 6) is 4.48. The first-order valence-corrected chi connectivity index (χ1v) is 6.57. The largest absolute Gasteiger partial charge is 0.293 e. The van der Waals surface area contributed by atoms with Gasteiger partial charge in [0.05, 0.1) is 0 Å². The lowest BCUT2D eigenvalue weighted by atomic mass is 10.1. The highest BCUT2D eigenvalue weighted by Crippen LogP contribution is 2.36. The third-order valence-corrected chi connectivity index (χ3v) is 3.87. The van der Waals surface area contributed by atoms with Gasteiger partial charge in [-0.3, -0.25) is 10.2 Å². The van der Waals surface area contributed by atoms with Crippen LogP contribution in [0.4, 0.5) is 4.39 Å². The van der Waals surface area contributed by atoms with E-state index in [9.17, 15) is 9.18 Å². The number of nitrogens with one attached hydrogen (secondary N) is 1. The zero-order chi connectivity index (χ0) is 13.7.